The first-order chi connectivity index (χ1) is 16.2. The third-order valence-corrected chi connectivity index (χ3v) is 5.47. The number of carbonyl (C=O) groups is 3. The molecule has 0 spiro atoms. The number of hydrogen-bond donors (Lipinski definition) is 2. The molecule has 1 aromatic carbocycles. The van der Waals surface area contributed by atoms with Crippen LogP contribution in [0.4, 0.5) is 4.39 Å². The molecule has 34 heavy (non-hydrogen) atoms. The average Bonchev–Trinajstić information content (AvgIpc) is 3.30. The van der Waals surface area contributed by atoms with Crippen molar-refractivity contribution in [3.63, 3.8) is 0 Å². The van der Waals surface area contributed by atoms with Crippen LogP contribution in [0.1, 0.15) is 30.8 Å². The van der Waals surface area contributed by atoms with Crippen LogP contribution in [-0.2, 0) is 19.1 Å². The quantitative estimate of drug-likeness (QED) is 0.527. The molecule has 0 bridgehead atoms. The van der Waals surface area contributed by atoms with Gasteiger partial charge in [0, 0.05) is 25.8 Å². The van der Waals surface area contributed by atoms with Crippen molar-refractivity contribution in [2.75, 3.05) is 27.3 Å². The maximum Gasteiger partial charge on any atom is 0.276 e. The Labute approximate surface area is 196 Å². The molecular formula is C23H29FN4O6. The summed E-state index contributed by atoms with van der Waals surface area (Å²) in [5.74, 6) is -1.44. The molecule has 1 saturated heterocycles. The summed E-state index contributed by atoms with van der Waals surface area (Å²) in [6.07, 6.45) is -0.237. The molecule has 11 heteroatoms. The van der Waals surface area contributed by atoms with Crippen LogP contribution < -0.4 is 10.6 Å². The van der Waals surface area contributed by atoms with Gasteiger partial charge in [-0.05, 0) is 36.6 Å². The Kier molecular flexibility index (Phi) is 8.35. The van der Waals surface area contributed by atoms with Crippen molar-refractivity contribution in [2.45, 2.75) is 38.6 Å². The molecule has 3 rings (SSSR count). The van der Waals surface area contributed by atoms with Gasteiger partial charge in [0.05, 0.1) is 13.1 Å². The molecule has 1 aliphatic heterocycles. The molecule has 10 nitrogen and oxygen atoms in total. The van der Waals surface area contributed by atoms with Crippen LogP contribution in [0.15, 0.2) is 34.9 Å². The van der Waals surface area contributed by atoms with Gasteiger partial charge in [-0.1, -0.05) is 19.0 Å². The molecule has 2 unspecified atom stereocenters. The highest BCUT2D eigenvalue weighted by molar-refractivity contribution is 5.99. The minimum absolute atomic E-state index is 0.0132. The first-order valence-electron chi connectivity index (χ1n) is 10.9. The summed E-state index contributed by atoms with van der Waals surface area (Å²) in [5.41, 5.74) is 0.534. The van der Waals surface area contributed by atoms with Gasteiger partial charge in [-0.15, -0.1) is 0 Å². The number of benzene rings is 1. The smallest absolute Gasteiger partial charge is 0.276 e. The molecule has 0 aliphatic carbocycles. The van der Waals surface area contributed by atoms with Crippen LogP contribution in [-0.4, -0.2) is 73.5 Å². The van der Waals surface area contributed by atoms with Crippen molar-refractivity contribution < 1.29 is 32.8 Å². The van der Waals surface area contributed by atoms with Crippen LogP contribution in [0, 0.1) is 11.7 Å². The Balaban J connectivity index is 1.80. The van der Waals surface area contributed by atoms with Crippen LogP contribution >= 0.6 is 0 Å². The van der Waals surface area contributed by atoms with Gasteiger partial charge < -0.3 is 29.5 Å². The fraction of sp³-hybridized carbons (Fsp3) is 0.478. The van der Waals surface area contributed by atoms with Crippen molar-refractivity contribution in [3.8, 4) is 11.3 Å². The number of halogens is 1. The van der Waals surface area contributed by atoms with Gasteiger partial charge in [-0.3, -0.25) is 14.4 Å². The van der Waals surface area contributed by atoms with E-state index in [1.807, 2.05) is 13.8 Å². The number of hydrogen-bond acceptors (Lipinski definition) is 7. The molecular weight excluding hydrogens is 447 g/mol. The second-order valence-corrected chi connectivity index (χ2v) is 8.39. The largest absolute Gasteiger partial charge is 0.355 e. The van der Waals surface area contributed by atoms with E-state index in [2.05, 4.69) is 15.8 Å². The van der Waals surface area contributed by atoms with Gasteiger partial charge in [-0.25, -0.2) is 4.39 Å². The van der Waals surface area contributed by atoms with Gasteiger partial charge >= 0.3 is 0 Å². The van der Waals surface area contributed by atoms with Gasteiger partial charge in [0.2, 0.25) is 11.8 Å². The van der Waals surface area contributed by atoms with Gasteiger partial charge in [0.1, 0.15) is 17.9 Å². The molecule has 2 aromatic rings. The highest BCUT2D eigenvalue weighted by atomic mass is 19.1. The van der Waals surface area contributed by atoms with E-state index in [0.717, 1.165) is 0 Å². The number of ether oxygens (including phenoxy) is 2. The van der Waals surface area contributed by atoms with E-state index < -0.39 is 41.9 Å². The molecule has 2 N–H and O–H groups in total. The summed E-state index contributed by atoms with van der Waals surface area (Å²) in [7, 11) is 2.88. The monoisotopic (exact) mass is 476 g/mol. The predicted octanol–water partition coefficient (Wildman–Crippen LogP) is 1.57. The normalized spacial score (nSPS) is 18.3. The molecule has 1 fully saturated rings. The zero-order valence-corrected chi connectivity index (χ0v) is 19.5. The number of amides is 3. The number of nitrogens with zero attached hydrogens (tertiary/aromatic N) is 2. The minimum Gasteiger partial charge on any atom is -0.355 e. The van der Waals surface area contributed by atoms with Crippen LogP contribution in [0.2, 0.25) is 0 Å². The lowest BCUT2D eigenvalue weighted by molar-refractivity contribution is -0.138. The molecule has 184 valence electrons. The Bertz CT molecular complexity index is 1010. The topological polar surface area (TPSA) is 123 Å². The first kappa shape index (κ1) is 25.3. The lowest BCUT2D eigenvalue weighted by atomic mass is 9.97. The Morgan fingerprint density at radius 1 is 1.26 bits per heavy atom. The number of nitrogens with one attached hydrogen (secondary N) is 2. The fourth-order valence-electron chi connectivity index (χ4n) is 3.68. The molecule has 2 heterocycles. The number of rotatable bonds is 9. The Hall–Kier alpha value is -3.31. The Morgan fingerprint density at radius 3 is 2.56 bits per heavy atom. The average molecular weight is 477 g/mol. The van der Waals surface area contributed by atoms with E-state index in [-0.39, 0.29) is 30.5 Å². The number of aromatic nitrogens is 1. The second kappa shape index (κ2) is 11.2. The van der Waals surface area contributed by atoms with Gasteiger partial charge in [-0.2, -0.15) is 0 Å². The maximum absolute atomic E-state index is 13.4. The van der Waals surface area contributed by atoms with Crippen molar-refractivity contribution >= 4 is 17.7 Å². The molecule has 3 amide bonds. The zero-order valence-electron chi connectivity index (χ0n) is 19.5. The standard InChI is InChI=1S/C23H29FN4O6/c1-13(2)9-18-22(30)26-17(21(29)25-11-20(32-3)33-4)12-28(18)23(31)16-10-19(34-27-16)14-5-7-15(24)8-6-14/h5-8,10,13,17-18,20H,9,11-12H2,1-4H3,(H,25,29)(H,26,30). The molecule has 1 aromatic heterocycles. The first-order valence-corrected chi connectivity index (χ1v) is 10.9. The van der Waals surface area contributed by atoms with E-state index in [9.17, 15) is 18.8 Å². The number of carbonyl (C=O) groups excluding carboxylic acids is 3. The summed E-state index contributed by atoms with van der Waals surface area (Å²) in [4.78, 5) is 40.3. The number of piperazine rings is 1. The fourth-order valence-corrected chi connectivity index (χ4v) is 3.68. The minimum atomic E-state index is -0.960. The highest BCUT2D eigenvalue weighted by Gasteiger charge is 2.41. The molecule has 0 saturated carbocycles. The zero-order chi connectivity index (χ0) is 24.8. The highest BCUT2D eigenvalue weighted by Crippen LogP contribution is 2.24. The number of methoxy groups -OCH3 is 2. The summed E-state index contributed by atoms with van der Waals surface area (Å²) >= 11 is 0. The third-order valence-electron chi connectivity index (χ3n) is 5.47. The van der Waals surface area contributed by atoms with Crippen molar-refractivity contribution in [3.05, 3.63) is 41.8 Å². The van der Waals surface area contributed by atoms with Gasteiger partial charge in [0.25, 0.3) is 5.91 Å². The van der Waals surface area contributed by atoms with E-state index in [0.29, 0.717) is 12.0 Å². The van der Waals surface area contributed by atoms with Crippen molar-refractivity contribution in [1.82, 2.24) is 20.7 Å². The summed E-state index contributed by atoms with van der Waals surface area (Å²) in [6, 6.07) is 5.26. The van der Waals surface area contributed by atoms with Crippen molar-refractivity contribution in [2.24, 2.45) is 5.92 Å². The lowest BCUT2D eigenvalue weighted by Gasteiger charge is -2.39. The summed E-state index contributed by atoms with van der Waals surface area (Å²) in [5, 5.41) is 9.21. The Morgan fingerprint density at radius 2 is 1.94 bits per heavy atom. The van der Waals surface area contributed by atoms with Crippen molar-refractivity contribution in [1.29, 1.82) is 0 Å². The predicted molar refractivity (Wildman–Crippen MR) is 119 cm³/mol. The van der Waals surface area contributed by atoms with E-state index in [1.54, 1.807) is 0 Å². The van der Waals surface area contributed by atoms with Gasteiger partial charge in [0.15, 0.2) is 17.7 Å². The van der Waals surface area contributed by atoms with Crippen LogP contribution in [0.25, 0.3) is 11.3 Å². The van der Waals surface area contributed by atoms with Crippen LogP contribution in [0.5, 0.6) is 0 Å². The van der Waals surface area contributed by atoms with E-state index in [1.165, 1.54) is 49.5 Å². The molecule has 2 atom stereocenters. The summed E-state index contributed by atoms with van der Waals surface area (Å²) < 4.78 is 28.6. The SMILES string of the molecule is COC(CNC(=O)C1CN(C(=O)c2cc(-c3ccc(F)cc3)on2)C(CC(C)C)C(=O)N1)OC. The molecule has 0 radical (unpaired) electrons. The van der Waals surface area contributed by atoms with E-state index in [4.69, 9.17) is 14.0 Å². The third kappa shape index (κ3) is 5.97. The lowest BCUT2D eigenvalue weighted by Crippen LogP contribution is -2.65. The van der Waals surface area contributed by atoms with Crippen LogP contribution in [0.3, 0.4) is 0 Å². The second-order valence-electron chi connectivity index (χ2n) is 8.39. The maximum atomic E-state index is 13.4. The molecule has 1 aliphatic rings. The van der Waals surface area contributed by atoms with E-state index >= 15 is 0 Å². The summed E-state index contributed by atoms with van der Waals surface area (Å²) in [6.45, 7) is 3.91.